The van der Waals surface area contributed by atoms with Gasteiger partial charge in [0, 0.05) is 11.4 Å². The van der Waals surface area contributed by atoms with Gasteiger partial charge in [-0.25, -0.2) is 9.59 Å². The number of methoxy groups -OCH3 is 1. The van der Waals surface area contributed by atoms with E-state index in [0.29, 0.717) is 34.6 Å². The predicted octanol–water partition coefficient (Wildman–Crippen LogP) is 3.63. The lowest BCUT2D eigenvalue weighted by molar-refractivity contribution is -0.139. The van der Waals surface area contributed by atoms with Crippen molar-refractivity contribution in [3.63, 3.8) is 0 Å². The Labute approximate surface area is 200 Å². The molecule has 1 aliphatic rings. The largest absolute Gasteiger partial charge is 0.497 e. The average molecular weight is 481 g/mol. The lowest BCUT2D eigenvalue weighted by Gasteiger charge is -2.29. The summed E-state index contributed by atoms with van der Waals surface area (Å²) in [6.07, 6.45) is 0.519. The van der Waals surface area contributed by atoms with Gasteiger partial charge in [0.1, 0.15) is 5.75 Å². The molecule has 1 aromatic heterocycles. The van der Waals surface area contributed by atoms with E-state index < -0.39 is 18.0 Å². The van der Waals surface area contributed by atoms with E-state index in [9.17, 15) is 9.59 Å². The zero-order valence-corrected chi connectivity index (χ0v) is 19.6. The van der Waals surface area contributed by atoms with Gasteiger partial charge in [-0.2, -0.15) is 0 Å². The normalized spacial score (nSPS) is 15.5. The number of carbonyl (C=O) groups excluding carboxylic acids is 2. The van der Waals surface area contributed by atoms with Crippen LogP contribution < -0.4 is 15.4 Å². The van der Waals surface area contributed by atoms with Gasteiger partial charge in [-0.15, -0.1) is 10.2 Å². The Morgan fingerprint density at radius 1 is 1.12 bits per heavy atom. The number of ether oxygens (including phenoxy) is 2. The lowest BCUT2D eigenvalue weighted by atomic mass is 9.95. The topological polar surface area (TPSA) is 116 Å². The monoisotopic (exact) mass is 480 g/mol. The highest BCUT2D eigenvalue weighted by Crippen LogP contribution is 2.31. The lowest BCUT2D eigenvalue weighted by Crippen LogP contribution is -2.46. The molecule has 2 N–H and O–H groups in total. The molecule has 0 fully saturated rings. The van der Waals surface area contributed by atoms with Crippen LogP contribution in [0.4, 0.5) is 4.79 Å². The molecule has 2 heterocycles. The molecule has 1 atom stereocenters. The summed E-state index contributed by atoms with van der Waals surface area (Å²) in [6.45, 7) is 1.94. The molecule has 4 rings (SSSR count). The summed E-state index contributed by atoms with van der Waals surface area (Å²) >= 11 is 1.23. The first-order valence-corrected chi connectivity index (χ1v) is 11.7. The van der Waals surface area contributed by atoms with Crippen LogP contribution in [0.2, 0.25) is 0 Å². The van der Waals surface area contributed by atoms with E-state index in [-0.39, 0.29) is 12.4 Å². The number of thioether (sulfide) groups is 1. The standard InChI is InChI=1S/C24H24N4O5S/c1-3-32-22(29)20-18(25-23(30)26-21(20)16-9-11-17(31-2)12-10-16)14-34-24-28-27-19(33-24)13-15-7-5-4-6-8-15/h4-12,21H,3,13-14H2,1-2H3,(H2,25,26,30). The second kappa shape index (κ2) is 10.9. The zero-order chi connectivity index (χ0) is 23.9. The Morgan fingerprint density at radius 3 is 2.59 bits per heavy atom. The molecular formula is C24H24N4O5S. The Bertz CT molecular complexity index is 1180. The van der Waals surface area contributed by atoms with Crippen molar-refractivity contribution in [1.82, 2.24) is 20.8 Å². The summed E-state index contributed by atoms with van der Waals surface area (Å²) in [4.78, 5) is 25.3. The van der Waals surface area contributed by atoms with E-state index in [1.54, 1.807) is 38.3 Å². The van der Waals surface area contributed by atoms with Gasteiger partial charge in [0.15, 0.2) is 0 Å². The number of esters is 1. The molecule has 176 valence electrons. The fraction of sp³-hybridized carbons (Fsp3) is 0.250. The number of rotatable bonds is 9. The minimum Gasteiger partial charge on any atom is -0.497 e. The molecule has 0 bridgehead atoms. The van der Waals surface area contributed by atoms with Gasteiger partial charge in [-0.1, -0.05) is 54.2 Å². The number of hydrogen-bond donors (Lipinski definition) is 2. The van der Waals surface area contributed by atoms with Gasteiger partial charge < -0.3 is 24.5 Å². The molecule has 9 nitrogen and oxygen atoms in total. The van der Waals surface area contributed by atoms with Crippen LogP contribution in [0.15, 0.2) is 75.5 Å². The molecular weight excluding hydrogens is 456 g/mol. The minimum absolute atomic E-state index is 0.207. The molecule has 0 aliphatic carbocycles. The van der Waals surface area contributed by atoms with Gasteiger partial charge in [0.2, 0.25) is 5.89 Å². The highest BCUT2D eigenvalue weighted by atomic mass is 32.2. The van der Waals surface area contributed by atoms with Gasteiger partial charge >= 0.3 is 12.0 Å². The third kappa shape index (κ3) is 5.57. The molecule has 0 spiro atoms. The quantitative estimate of drug-likeness (QED) is 0.352. The van der Waals surface area contributed by atoms with Crippen LogP contribution >= 0.6 is 11.8 Å². The van der Waals surface area contributed by atoms with Crippen molar-refractivity contribution < 1.29 is 23.5 Å². The van der Waals surface area contributed by atoms with Crippen LogP contribution in [-0.2, 0) is 16.0 Å². The Kier molecular flexibility index (Phi) is 7.48. The van der Waals surface area contributed by atoms with E-state index in [1.807, 2.05) is 30.3 Å². The molecule has 3 aromatic rings. The predicted molar refractivity (Wildman–Crippen MR) is 125 cm³/mol. The third-order valence-corrected chi connectivity index (χ3v) is 5.93. The molecule has 0 saturated heterocycles. The molecule has 34 heavy (non-hydrogen) atoms. The summed E-state index contributed by atoms with van der Waals surface area (Å²) in [6, 6.07) is 15.9. The first-order chi connectivity index (χ1) is 16.6. The van der Waals surface area contributed by atoms with Crippen molar-refractivity contribution in [3.05, 3.63) is 82.9 Å². The van der Waals surface area contributed by atoms with Crippen molar-refractivity contribution >= 4 is 23.8 Å². The summed E-state index contributed by atoms with van der Waals surface area (Å²) in [5.74, 6) is 0.880. The maximum absolute atomic E-state index is 12.9. The van der Waals surface area contributed by atoms with Gasteiger partial charge in [-0.3, -0.25) is 0 Å². The molecule has 0 saturated carbocycles. The fourth-order valence-corrected chi connectivity index (χ4v) is 4.25. The Morgan fingerprint density at radius 2 is 1.88 bits per heavy atom. The number of nitrogens with one attached hydrogen (secondary N) is 2. The smallest absolute Gasteiger partial charge is 0.338 e. The first-order valence-electron chi connectivity index (χ1n) is 10.7. The van der Waals surface area contributed by atoms with Crippen molar-refractivity contribution in [2.45, 2.75) is 24.6 Å². The number of benzene rings is 2. The van der Waals surface area contributed by atoms with Crippen molar-refractivity contribution in [1.29, 1.82) is 0 Å². The van der Waals surface area contributed by atoms with Crippen LogP contribution in [0.3, 0.4) is 0 Å². The average Bonchev–Trinajstić information content (AvgIpc) is 3.30. The number of aromatic nitrogens is 2. The highest BCUT2D eigenvalue weighted by molar-refractivity contribution is 7.99. The molecule has 10 heteroatoms. The second-order valence-electron chi connectivity index (χ2n) is 7.33. The van der Waals surface area contributed by atoms with Gasteiger partial charge in [-0.05, 0) is 30.2 Å². The minimum atomic E-state index is -0.675. The van der Waals surface area contributed by atoms with E-state index in [4.69, 9.17) is 13.9 Å². The molecule has 1 unspecified atom stereocenters. The second-order valence-corrected chi connectivity index (χ2v) is 8.26. The van der Waals surface area contributed by atoms with Crippen LogP contribution in [0.5, 0.6) is 5.75 Å². The molecule has 2 aromatic carbocycles. The summed E-state index contributed by atoms with van der Waals surface area (Å²) in [5.41, 5.74) is 2.53. The van der Waals surface area contributed by atoms with Crippen molar-refractivity contribution in [2.75, 3.05) is 19.5 Å². The van der Waals surface area contributed by atoms with E-state index in [2.05, 4.69) is 20.8 Å². The fourth-order valence-electron chi connectivity index (χ4n) is 3.50. The van der Waals surface area contributed by atoms with Crippen LogP contribution in [0.1, 0.15) is 30.0 Å². The number of nitrogens with zero attached hydrogens (tertiary/aromatic N) is 2. The summed E-state index contributed by atoms with van der Waals surface area (Å²) < 4.78 is 16.2. The van der Waals surface area contributed by atoms with E-state index >= 15 is 0 Å². The summed E-state index contributed by atoms with van der Waals surface area (Å²) in [5, 5.41) is 14.1. The van der Waals surface area contributed by atoms with E-state index in [1.165, 1.54) is 11.8 Å². The van der Waals surface area contributed by atoms with Crippen molar-refractivity contribution in [3.8, 4) is 5.75 Å². The number of amides is 2. The Balaban J connectivity index is 1.56. The highest BCUT2D eigenvalue weighted by Gasteiger charge is 2.34. The van der Waals surface area contributed by atoms with Gasteiger partial charge in [0.05, 0.1) is 31.8 Å². The van der Waals surface area contributed by atoms with Crippen LogP contribution in [0, 0.1) is 0 Å². The number of hydrogen-bond acceptors (Lipinski definition) is 8. The molecule has 2 amide bonds. The van der Waals surface area contributed by atoms with Gasteiger partial charge in [0.25, 0.3) is 5.22 Å². The number of carbonyl (C=O) groups is 2. The number of urea groups is 1. The SMILES string of the molecule is CCOC(=O)C1=C(CSc2nnc(Cc3ccccc3)o2)NC(=O)NC1c1ccc(OC)cc1. The van der Waals surface area contributed by atoms with E-state index in [0.717, 1.165) is 11.1 Å². The third-order valence-electron chi connectivity index (χ3n) is 5.08. The molecule has 0 radical (unpaired) electrons. The van der Waals surface area contributed by atoms with Crippen molar-refractivity contribution in [2.24, 2.45) is 0 Å². The zero-order valence-electron chi connectivity index (χ0n) is 18.7. The molecule has 1 aliphatic heterocycles. The Hall–Kier alpha value is -3.79. The summed E-state index contributed by atoms with van der Waals surface area (Å²) in [7, 11) is 1.57. The maximum Gasteiger partial charge on any atom is 0.338 e. The maximum atomic E-state index is 12.9. The van der Waals surface area contributed by atoms with Crippen LogP contribution in [0.25, 0.3) is 0 Å². The van der Waals surface area contributed by atoms with Crippen LogP contribution in [-0.4, -0.2) is 41.7 Å². The first kappa shape index (κ1) is 23.4.